The number of hydrogen-bond acceptors (Lipinski definition) is 6. The second kappa shape index (κ2) is 7.00. The summed E-state index contributed by atoms with van der Waals surface area (Å²) in [5, 5.41) is 9.41. The van der Waals surface area contributed by atoms with Gasteiger partial charge in [-0.05, 0) is 43.5 Å². The van der Waals surface area contributed by atoms with Crippen LogP contribution in [0, 0.1) is 6.92 Å². The maximum Gasteiger partial charge on any atom is 0.227 e. The number of rotatable bonds is 5. The molecule has 6 nitrogen and oxygen atoms in total. The Labute approximate surface area is 160 Å². The predicted molar refractivity (Wildman–Crippen MR) is 96.5 cm³/mol. The topological polar surface area (TPSA) is 77.8 Å². The maximum atomic E-state index is 6.49. The molecule has 1 saturated carbocycles. The number of nitrogens with zero attached hydrogens (tertiary/aromatic N) is 4. The van der Waals surface area contributed by atoms with Crippen LogP contribution in [0.5, 0.6) is 0 Å². The molecule has 0 saturated heterocycles. The average Bonchev–Trinajstić information content (AvgIpc) is 3.35. The number of aryl methyl sites for hydroxylation is 3. The van der Waals surface area contributed by atoms with Gasteiger partial charge in [-0.2, -0.15) is 9.97 Å². The van der Waals surface area contributed by atoms with E-state index >= 15 is 0 Å². The Morgan fingerprint density at radius 2 is 1.69 bits per heavy atom. The Balaban J connectivity index is 1.62. The van der Waals surface area contributed by atoms with Crippen molar-refractivity contribution in [1.29, 1.82) is 0 Å². The van der Waals surface area contributed by atoms with Gasteiger partial charge in [-0.3, -0.25) is 0 Å². The minimum absolute atomic E-state index is 0.342. The average molecular weight is 393 g/mol. The fourth-order valence-electron chi connectivity index (χ4n) is 3.66. The number of hydrogen-bond donors (Lipinski definition) is 0. The first kappa shape index (κ1) is 17.5. The van der Waals surface area contributed by atoms with E-state index in [1.807, 2.05) is 12.1 Å². The molecular formula is C18H18Cl2N4O2. The zero-order chi connectivity index (χ0) is 18.1. The lowest BCUT2D eigenvalue weighted by Crippen LogP contribution is -2.26. The van der Waals surface area contributed by atoms with Crippen LogP contribution in [-0.4, -0.2) is 20.3 Å². The van der Waals surface area contributed by atoms with E-state index in [2.05, 4.69) is 20.3 Å². The molecule has 3 aromatic rings. The van der Waals surface area contributed by atoms with E-state index in [0.717, 1.165) is 31.2 Å². The lowest BCUT2D eigenvalue weighted by atomic mass is 9.78. The minimum atomic E-state index is -0.342. The van der Waals surface area contributed by atoms with Crippen molar-refractivity contribution in [2.45, 2.75) is 50.9 Å². The van der Waals surface area contributed by atoms with Gasteiger partial charge in [0.15, 0.2) is 11.6 Å². The van der Waals surface area contributed by atoms with Crippen molar-refractivity contribution < 1.29 is 9.05 Å². The van der Waals surface area contributed by atoms with E-state index in [1.54, 1.807) is 13.0 Å². The highest BCUT2D eigenvalue weighted by Gasteiger charge is 2.43. The molecule has 1 aromatic carbocycles. The van der Waals surface area contributed by atoms with Gasteiger partial charge in [-0.15, -0.1) is 0 Å². The zero-order valence-corrected chi connectivity index (χ0v) is 15.8. The van der Waals surface area contributed by atoms with Crippen LogP contribution in [0.15, 0.2) is 27.2 Å². The number of aromatic nitrogens is 4. The van der Waals surface area contributed by atoms with E-state index in [9.17, 15) is 0 Å². The molecule has 0 spiro atoms. The first-order valence-electron chi connectivity index (χ1n) is 8.65. The van der Waals surface area contributed by atoms with E-state index in [1.165, 1.54) is 0 Å². The molecule has 8 heteroatoms. The van der Waals surface area contributed by atoms with Crippen molar-refractivity contribution in [3.8, 4) is 0 Å². The van der Waals surface area contributed by atoms with E-state index in [-0.39, 0.29) is 5.41 Å². The second-order valence-electron chi connectivity index (χ2n) is 6.66. The van der Waals surface area contributed by atoms with Gasteiger partial charge in [0, 0.05) is 22.9 Å². The molecule has 26 heavy (non-hydrogen) atoms. The summed E-state index contributed by atoms with van der Waals surface area (Å²) in [6.45, 7) is 1.79. The lowest BCUT2D eigenvalue weighted by Gasteiger charge is -2.27. The number of benzene rings is 1. The maximum absolute atomic E-state index is 6.49. The zero-order valence-electron chi connectivity index (χ0n) is 14.3. The molecule has 2 aromatic heterocycles. The van der Waals surface area contributed by atoms with Crippen LogP contribution in [0.2, 0.25) is 10.0 Å². The SMILES string of the molecule is Cc1noc(CCc2nc(C3(c4cc(Cl)ccc4Cl)CCCC3)no2)n1. The largest absolute Gasteiger partial charge is 0.339 e. The minimum Gasteiger partial charge on any atom is -0.339 e. The molecule has 0 radical (unpaired) electrons. The van der Waals surface area contributed by atoms with Gasteiger partial charge in [0.25, 0.3) is 0 Å². The fourth-order valence-corrected chi connectivity index (χ4v) is 4.13. The molecule has 4 rings (SSSR count). The van der Waals surface area contributed by atoms with Crippen LogP contribution in [0.1, 0.15) is 54.7 Å². The van der Waals surface area contributed by atoms with Gasteiger partial charge < -0.3 is 9.05 Å². The third kappa shape index (κ3) is 3.23. The highest BCUT2D eigenvalue weighted by atomic mass is 35.5. The molecule has 0 unspecified atom stereocenters. The summed E-state index contributed by atoms with van der Waals surface area (Å²) < 4.78 is 10.6. The van der Waals surface area contributed by atoms with Gasteiger partial charge in [0.1, 0.15) is 0 Å². The highest BCUT2D eigenvalue weighted by Crippen LogP contribution is 2.48. The molecule has 1 fully saturated rings. The molecule has 1 aliphatic carbocycles. The Hall–Kier alpha value is -1.92. The second-order valence-corrected chi connectivity index (χ2v) is 7.50. The lowest BCUT2D eigenvalue weighted by molar-refractivity contribution is 0.344. The normalized spacial score (nSPS) is 16.3. The summed E-state index contributed by atoms with van der Waals surface area (Å²) in [5.41, 5.74) is 0.634. The molecule has 0 amide bonds. The van der Waals surface area contributed by atoms with Gasteiger partial charge in [-0.25, -0.2) is 0 Å². The quantitative estimate of drug-likeness (QED) is 0.625. The summed E-state index contributed by atoms with van der Waals surface area (Å²) >= 11 is 12.7. The third-order valence-corrected chi connectivity index (χ3v) is 5.48. The van der Waals surface area contributed by atoms with Gasteiger partial charge >= 0.3 is 0 Å². The summed E-state index contributed by atoms with van der Waals surface area (Å²) in [7, 11) is 0. The van der Waals surface area contributed by atoms with Crippen LogP contribution < -0.4 is 0 Å². The first-order valence-corrected chi connectivity index (χ1v) is 9.40. The Bertz CT molecular complexity index is 916. The summed E-state index contributed by atoms with van der Waals surface area (Å²) in [4.78, 5) is 8.86. The van der Waals surface area contributed by atoms with Crippen LogP contribution in [-0.2, 0) is 18.3 Å². The smallest absolute Gasteiger partial charge is 0.227 e. The molecule has 0 N–H and O–H groups in total. The van der Waals surface area contributed by atoms with Crippen molar-refractivity contribution in [2.75, 3.05) is 0 Å². The van der Waals surface area contributed by atoms with Crippen molar-refractivity contribution >= 4 is 23.2 Å². The van der Waals surface area contributed by atoms with Crippen LogP contribution in [0.25, 0.3) is 0 Å². The third-order valence-electron chi connectivity index (χ3n) is 4.92. The van der Waals surface area contributed by atoms with Crippen LogP contribution in [0.4, 0.5) is 0 Å². The summed E-state index contributed by atoms with van der Waals surface area (Å²) in [6, 6.07) is 5.55. The van der Waals surface area contributed by atoms with E-state index < -0.39 is 0 Å². The Morgan fingerprint density at radius 3 is 2.38 bits per heavy atom. The van der Waals surface area contributed by atoms with Gasteiger partial charge in [0.2, 0.25) is 11.8 Å². The molecular weight excluding hydrogens is 375 g/mol. The first-order chi connectivity index (χ1) is 12.6. The Kier molecular flexibility index (Phi) is 4.71. The van der Waals surface area contributed by atoms with E-state index in [4.69, 9.17) is 32.2 Å². The van der Waals surface area contributed by atoms with Crippen molar-refractivity contribution in [3.63, 3.8) is 0 Å². The summed E-state index contributed by atoms with van der Waals surface area (Å²) in [5.74, 6) is 2.42. The van der Waals surface area contributed by atoms with Crippen LogP contribution >= 0.6 is 23.2 Å². The highest BCUT2D eigenvalue weighted by molar-refractivity contribution is 6.33. The van der Waals surface area contributed by atoms with Crippen LogP contribution in [0.3, 0.4) is 0 Å². The molecule has 0 atom stereocenters. The Morgan fingerprint density at radius 1 is 1.00 bits per heavy atom. The fraction of sp³-hybridized carbons (Fsp3) is 0.444. The van der Waals surface area contributed by atoms with Gasteiger partial charge in [0.05, 0.1) is 5.41 Å². The van der Waals surface area contributed by atoms with Crippen molar-refractivity contribution in [2.24, 2.45) is 0 Å². The molecule has 0 bridgehead atoms. The van der Waals surface area contributed by atoms with Gasteiger partial charge in [-0.1, -0.05) is 46.4 Å². The predicted octanol–water partition coefficient (Wildman–Crippen LogP) is 4.71. The standard InChI is InChI=1S/C18H18Cl2N4O2/c1-11-21-15(25-23-11)6-7-16-22-17(24-26-16)18(8-2-3-9-18)13-10-12(19)4-5-14(13)20/h4-5,10H,2-3,6-9H2,1H3. The molecule has 2 heterocycles. The molecule has 1 aliphatic rings. The van der Waals surface area contributed by atoms with Crippen molar-refractivity contribution in [3.05, 3.63) is 57.2 Å². The molecule has 136 valence electrons. The van der Waals surface area contributed by atoms with E-state index in [0.29, 0.717) is 46.3 Å². The summed E-state index contributed by atoms with van der Waals surface area (Å²) in [6.07, 6.45) is 5.15. The number of halogens is 2. The molecule has 0 aliphatic heterocycles. The monoisotopic (exact) mass is 392 g/mol. The van der Waals surface area contributed by atoms with Crippen molar-refractivity contribution in [1.82, 2.24) is 20.3 Å².